The summed E-state index contributed by atoms with van der Waals surface area (Å²) < 4.78 is 15.8. The molecule has 0 aliphatic carbocycles. The number of ketones is 1. The molecule has 1 aromatic carbocycles. The molecule has 1 aliphatic rings. The minimum absolute atomic E-state index is 0.0582. The van der Waals surface area contributed by atoms with Crippen LogP contribution in [0.5, 0.6) is 17.2 Å². The predicted molar refractivity (Wildman–Crippen MR) is 75.9 cm³/mol. The van der Waals surface area contributed by atoms with Crippen LogP contribution in [0.3, 0.4) is 0 Å². The number of methoxy groups -OCH3 is 3. The number of ether oxygens (including phenoxy) is 3. The van der Waals surface area contributed by atoms with Crippen molar-refractivity contribution in [3.8, 4) is 17.2 Å². The lowest BCUT2D eigenvalue weighted by Crippen LogP contribution is -2.14. The van der Waals surface area contributed by atoms with E-state index in [2.05, 4.69) is 0 Å². The van der Waals surface area contributed by atoms with Crippen LogP contribution in [0.25, 0.3) is 0 Å². The lowest BCUT2D eigenvalue weighted by Gasteiger charge is -2.15. The molecule has 0 spiro atoms. The van der Waals surface area contributed by atoms with Gasteiger partial charge in [0.1, 0.15) is 0 Å². The van der Waals surface area contributed by atoms with Crippen LogP contribution in [0.4, 0.5) is 0 Å². The second-order valence-corrected chi connectivity index (χ2v) is 5.59. The van der Waals surface area contributed by atoms with E-state index >= 15 is 0 Å². The van der Waals surface area contributed by atoms with Crippen LogP contribution in [-0.4, -0.2) is 38.1 Å². The van der Waals surface area contributed by atoms with E-state index in [0.29, 0.717) is 22.8 Å². The molecule has 0 bridgehead atoms. The highest BCUT2D eigenvalue weighted by atomic mass is 32.2. The van der Waals surface area contributed by atoms with Gasteiger partial charge in [0.25, 0.3) is 0 Å². The van der Waals surface area contributed by atoms with Crippen molar-refractivity contribution >= 4 is 17.5 Å². The number of rotatable bonds is 5. The first-order valence-electron chi connectivity index (χ1n) is 6.17. The van der Waals surface area contributed by atoms with Crippen LogP contribution in [0.15, 0.2) is 12.1 Å². The Labute approximate surface area is 117 Å². The number of carbonyl (C=O) groups is 1. The maximum Gasteiger partial charge on any atom is 0.203 e. The summed E-state index contributed by atoms with van der Waals surface area (Å²) in [6, 6.07) is 3.45. The average Bonchev–Trinajstić information content (AvgIpc) is 2.98. The van der Waals surface area contributed by atoms with Gasteiger partial charge in [0.05, 0.1) is 26.6 Å². The summed E-state index contributed by atoms with van der Waals surface area (Å²) in [7, 11) is 4.65. The molecule has 0 amide bonds. The maximum absolute atomic E-state index is 12.4. The highest BCUT2D eigenvalue weighted by Gasteiger charge is 2.26. The van der Waals surface area contributed by atoms with Gasteiger partial charge in [-0.3, -0.25) is 4.79 Å². The van der Waals surface area contributed by atoms with E-state index in [1.54, 1.807) is 45.2 Å². The van der Waals surface area contributed by atoms with Gasteiger partial charge in [-0.25, -0.2) is 0 Å². The van der Waals surface area contributed by atoms with Crippen LogP contribution in [-0.2, 0) is 0 Å². The smallest absolute Gasteiger partial charge is 0.203 e. The SMILES string of the molecule is COc1cc(C(=O)C2CCCS2)cc(OC)c1OC. The van der Waals surface area contributed by atoms with Gasteiger partial charge >= 0.3 is 0 Å². The van der Waals surface area contributed by atoms with E-state index in [9.17, 15) is 4.79 Å². The molecule has 1 atom stereocenters. The highest BCUT2D eigenvalue weighted by molar-refractivity contribution is 8.00. The van der Waals surface area contributed by atoms with Crippen molar-refractivity contribution in [2.24, 2.45) is 0 Å². The van der Waals surface area contributed by atoms with Crippen molar-refractivity contribution in [2.45, 2.75) is 18.1 Å². The van der Waals surface area contributed by atoms with Crippen LogP contribution in [0, 0.1) is 0 Å². The third-order valence-electron chi connectivity index (χ3n) is 3.17. The molecular weight excluding hydrogens is 264 g/mol. The van der Waals surface area contributed by atoms with Crippen molar-refractivity contribution in [3.05, 3.63) is 17.7 Å². The van der Waals surface area contributed by atoms with Gasteiger partial charge in [-0.05, 0) is 30.7 Å². The lowest BCUT2D eigenvalue weighted by molar-refractivity contribution is 0.0987. The molecule has 1 unspecified atom stereocenters. The Bertz CT molecular complexity index is 442. The van der Waals surface area contributed by atoms with E-state index < -0.39 is 0 Å². The molecule has 4 nitrogen and oxygen atoms in total. The zero-order valence-electron chi connectivity index (χ0n) is 11.4. The Morgan fingerprint density at radius 2 is 1.79 bits per heavy atom. The number of hydrogen-bond acceptors (Lipinski definition) is 5. The Balaban J connectivity index is 2.37. The maximum atomic E-state index is 12.4. The first kappa shape index (κ1) is 14.1. The molecule has 1 fully saturated rings. The van der Waals surface area contributed by atoms with Gasteiger partial charge in [0.2, 0.25) is 5.75 Å². The minimum atomic E-state index is 0.0582. The standard InChI is InChI=1S/C14H18O4S/c1-16-10-7-9(8-11(17-2)14(10)18-3)13(15)12-5-4-6-19-12/h7-8,12H,4-6H2,1-3H3. The number of thioether (sulfide) groups is 1. The summed E-state index contributed by atoms with van der Waals surface area (Å²) in [5, 5.41) is 0.0582. The van der Waals surface area contributed by atoms with Crippen LogP contribution < -0.4 is 14.2 Å². The molecule has 1 aliphatic heterocycles. The van der Waals surface area contributed by atoms with Gasteiger partial charge in [0, 0.05) is 5.56 Å². The van der Waals surface area contributed by atoms with Gasteiger partial charge < -0.3 is 14.2 Å². The zero-order chi connectivity index (χ0) is 13.8. The van der Waals surface area contributed by atoms with Gasteiger partial charge in [-0.1, -0.05) is 0 Å². The quantitative estimate of drug-likeness (QED) is 0.777. The summed E-state index contributed by atoms with van der Waals surface area (Å²) in [5.74, 6) is 2.75. The predicted octanol–water partition coefficient (Wildman–Crippen LogP) is 2.79. The van der Waals surface area contributed by atoms with Crippen LogP contribution in [0.1, 0.15) is 23.2 Å². The number of Topliss-reactive ketones (excluding diaryl/α,β-unsaturated/α-hetero) is 1. The largest absolute Gasteiger partial charge is 0.493 e. The minimum Gasteiger partial charge on any atom is -0.493 e. The summed E-state index contributed by atoms with van der Waals surface area (Å²) in [6.07, 6.45) is 2.05. The number of hydrogen-bond donors (Lipinski definition) is 0. The van der Waals surface area contributed by atoms with Crippen LogP contribution in [0.2, 0.25) is 0 Å². The van der Waals surface area contributed by atoms with Gasteiger partial charge in [-0.15, -0.1) is 0 Å². The zero-order valence-corrected chi connectivity index (χ0v) is 12.2. The first-order valence-corrected chi connectivity index (χ1v) is 7.22. The highest BCUT2D eigenvalue weighted by Crippen LogP contribution is 2.39. The molecule has 1 saturated heterocycles. The third kappa shape index (κ3) is 2.81. The first-order chi connectivity index (χ1) is 9.21. The number of carbonyl (C=O) groups excluding carboxylic acids is 1. The molecule has 19 heavy (non-hydrogen) atoms. The van der Waals surface area contributed by atoms with Crippen molar-refractivity contribution < 1.29 is 19.0 Å². The topological polar surface area (TPSA) is 44.8 Å². The molecule has 0 radical (unpaired) electrons. The molecule has 0 N–H and O–H groups in total. The molecule has 1 aromatic rings. The fourth-order valence-electron chi connectivity index (χ4n) is 2.19. The second-order valence-electron chi connectivity index (χ2n) is 4.28. The van der Waals surface area contributed by atoms with E-state index in [1.807, 2.05) is 0 Å². The number of benzene rings is 1. The average molecular weight is 282 g/mol. The van der Waals surface area contributed by atoms with Crippen molar-refractivity contribution in [3.63, 3.8) is 0 Å². The Morgan fingerprint density at radius 1 is 1.16 bits per heavy atom. The molecular formula is C14H18O4S. The Kier molecular flexibility index (Phi) is 4.58. The lowest BCUT2D eigenvalue weighted by atomic mass is 10.0. The Morgan fingerprint density at radius 3 is 2.21 bits per heavy atom. The van der Waals surface area contributed by atoms with Crippen molar-refractivity contribution in [1.82, 2.24) is 0 Å². The monoisotopic (exact) mass is 282 g/mol. The molecule has 0 saturated carbocycles. The molecule has 2 rings (SSSR count). The fraction of sp³-hybridized carbons (Fsp3) is 0.500. The van der Waals surface area contributed by atoms with E-state index in [4.69, 9.17) is 14.2 Å². The normalized spacial score (nSPS) is 18.2. The molecule has 0 aromatic heterocycles. The fourth-order valence-corrected chi connectivity index (χ4v) is 3.43. The summed E-state index contributed by atoms with van der Waals surface area (Å²) in [6.45, 7) is 0. The van der Waals surface area contributed by atoms with Gasteiger partial charge in [0.15, 0.2) is 17.3 Å². The summed E-state index contributed by atoms with van der Waals surface area (Å²) in [5.41, 5.74) is 0.619. The van der Waals surface area contributed by atoms with Gasteiger partial charge in [-0.2, -0.15) is 11.8 Å². The summed E-state index contributed by atoms with van der Waals surface area (Å²) >= 11 is 1.72. The Hall–Kier alpha value is -1.36. The second kappa shape index (κ2) is 6.19. The van der Waals surface area contributed by atoms with E-state index in [-0.39, 0.29) is 11.0 Å². The van der Waals surface area contributed by atoms with E-state index in [0.717, 1.165) is 18.6 Å². The van der Waals surface area contributed by atoms with E-state index in [1.165, 1.54) is 0 Å². The molecule has 5 heteroatoms. The van der Waals surface area contributed by atoms with Crippen LogP contribution >= 0.6 is 11.8 Å². The molecule has 104 valence electrons. The third-order valence-corrected chi connectivity index (χ3v) is 4.55. The van der Waals surface area contributed by atoms with Crippen molar-refractivity contribution in [1.29, 1.82) is 0 Å². The van der Waals surface area contributed by atoms with Crippen molar-refractivity contribution in [2.75, 3.05) is 27.1 Å². The summed E-state index contributed by atoms with van der Waals surface area (Å²) in [4.78, 5) is 12.4. The molecule has 1 heterocycles.